The first-order chi connectivity index (χ1) is 48.0. The van der Waals surface area contributed by atoms with Gasteiger partial charge >= 0.3 is 0 Å². The maximum absolute atomic E-state index is 13.9. The summed E-state index contributed by atoms with van der Waals surface area (Å²) in [5.74, 6) is -2.43. The third-order valence-corrected chi connectivity index (χ3v) is 16.6. The van der Waals surface area contributed by atoms with Gasteiger partial charge in [0.1, 0.15) is 90.4 Å². The molecule has 14 N–H and O–H groups in total. The third-order valence-electron chi connectivity index (χ3n) is 16.6. The lowest BCUT2D eigenvalue weighted by Crippen LogP contribution is -2.64. The van der Waals surface area contributed by atoms with Crippen LogP contribution in [0.5, 0.6) is 0 Å². The van der Waals surface area contributed by atoms with E-state index in [1.165, 1.54) is 20.8 Å². The van der Waals surface area contributed by atoms with E-state index in [0.29, 0.717) is 32.3 Å². The number of Topliss-reactive ketones (excluding diaryl/α,β-unsaturated/α-hetero) is 3. The van der Waals surface area contributed by atoms with Crippen molar-refractivity contribution in [2.24, 2.45) is 0 Å². The second-order valence-electron chi connectivity index (χ2n) is 24.7. The van der Waals surface area contributed by atoms with Crippen LogP contribution in [-0.2, 0) is 99.9 Å². The van der Waals surface area contributed by atoms with Crippen molar-refractivity contribution in [1.82, 2.24) is 26.6 Å². The molecular weight excluding hydrogens is 1330 g/mol. The van der Waals surface area contributed by atoms with E-state index in [0.717, 1.165) is 6.42 Å². The highest BCUT2D eigenvalue weighted by Gasteiger charge is 2.48. The first kappa shape index (κ1) is 89.7. The van der Waals surface area contributed by atoms with Crippen molar-refractivity contribution in [3.8, 4) is 0 Å². The number of unbranched alkanes of at least 4 members (excludes halogenated alkanes) is 1. The Morgan fingerprint density at radius 3 is 1.08 bits per heavy atom. The predicted octanol–water partition coefficient (Wildman–Crippen LogP) is -4.08. The van der Waals surface area contributed by atoms with Gasteiger partial charge in [0.15, 0.2) is 18.9 Å². The Kier molecular flexibility index (Phi) is 47.0. The summed E-state index contributed by atoms with van der Waals surface area (Å²) in [7, 11) is 1.58. The summed E-state index contributed by atoms with van der Waals surface area (Å²) in [5.41, 5.74) is -1.12. The fourth-order valence-corrected chi connectivity index (χ4v) is 11.2. The maximum atomic E-state index is 13.9. The van der Waals surface area contributed by atoms with Gasteiger partial charge in [0.2, 0.25) is 29.5 Å². The van der Waals surface area contributed by atoms with Crippen LogP contribution in [0.4, 0.5) is 0 Å². The van der Waals surface area contributed by atoms with Gasteiger partial charge < -0.3 is 134 Å². The van der Waals surface area contributed by atoms with Crippen LogP contribution in [0.15, 0.2) is 0 Å². The number of carbonyl (C=O) groups is 8. The number of amides is 5. The molecule has 0 saturated carbocycles. The van der Waals surface area contributed by atoms with Gasteiger partial charge in [0.25, 0.3) is 0 Å². The molecule has 3 rings (SSSR count). The molecule has 580 valence electrons. The van der Waals surface area contributed by atoms with Crippen LogP contribution in [-0.4, -0.2) is 329 Å². The highest BCUT2D eigenvalue weighted by Crippen LogP contribution is 2.30. The van der Waals surface area contributed by atoms with Crippen LogP contribution in [0.1, 0.15) is 130 Å². The summed E-state index contributed by atoms with van der Waals surface area (Å²) >= 11 is 0. The number of rotatable bonds is 58. The minimum absolute atomic E-state index is 0.00430. The SMILES string of the molecule is COCCCCC(=O)CCCC(=O)NC(CCCC(=O)NCCOCCOCCOC1OC(CO)C(O)C(O)C1NC(C)=O)(CCC(=O)CCCOCCOCCOC1OC(CO)C(O)C(O)C1NC(C)=O)CCC(=O)CCCOCCOCCOC1OC(CO)C(O)C(O)C1NC(C)=O. The molecule has 3 aliphatic heterocycles. The Hall–Kier alpha value is -4.52. The van der Waals surface area contributed by atoms with Crippen LogP contribution in [0.3, 0.4) is 0 Å². The average Bonchev–Trinajstić information content (AvgIpc) is 0.822. The van der Waals surface area contributed by atoms with Gasteiger partial charge in [-0.15, -0.1) is 0 Å². The molecule has 0 radical (unpaired) electrons. The van der Waals surface area contributed by atoms with Crippen molar-refractivity contribution in [3.63, 3.8) is 0 Å². The molecule has 100 heavy (non-hydrogen) atoms. The fraction of sp³-hybridized carbons (Fsp3) is 0.877. The summed E-state index contributed by atoms with van der Waals surface area (Å²) in [4.78, 5) is 102. The summed E-state index contributed by atoms with van der Waals surface area (Å²) in [6.45, 7) is 4.14. The van der Waals surface area contributed by atoms with Crippen molar-refractivity contribution < 1.29 is 146 Å². The summed E-state index contributed by atoms with van der Waals surface area (Å²) < 4.78 is 72.4. The summed E-state index contributed by atoms with van der Waals surface area (Å²) in [6, 6.07) is -3.31. The van der Waals surface area contributed by atoms with Crippen LogP contribution in [0.25, 0.3) is 0 Å². The topological polar surface area (TPSA) is 499 Å². The van der Waals surface area contributed by atoms with Gasteiger partial charge in [-0.05, 0) is 57.8 Å². The first-order valence-corrected chi connectivity index (χ1v) is 34.6. The number of ether oxygens (including phenoxy) is 13. The lowest BCUT2D eigenvalue weighted by Gasteiger charge is -2.42. The molecule has 15 unspecified atom stereocenters. The van der Waals surface area contributed by atoms with E-state index in [1.807, 2.05) is 0 Å². The molecule has 3 aliphatic rings. The van der Waals surface area contributed by atoms with E-state index in [4.69, 9.17) is 61.6 Å². The fourth-order valence-electron chi connectivity index (χ4n) is 11.2. The van der Waals surface area contributed by atoms with Crippen molar-refractivity contribution in [3.05, 3.63) is 0 Å². The van der Waals surface area contributed by atoms with Gasteiger partial charge in [0.05, 0.1) is 106 Å². The standard InChI is InChI=1S/C65H115N5O30/c1-42(74)67-53-59(85)56(82)48(39-71)98-62(53)95-36-33-92-30-27-89-24-9-13-46(78)17-20-65(70-52(81)15-7-12-45(77)11-5-6-23-88-4,21-18-47(79)14-10-25-90-28-31-93-34-37-96-63-54(68-43(2)75)60(86)57(83)49(40-72)99-63)19-8-16-51(80)66-22-26-91-29-32-94-35-38-97-64-55(69-44(3)76)61(87)58(84)50(41-73)100-64/h48-50,53-64,71-73,82-87H,5-41H2,1-4H3,(H,66,80)(H,67,74)(H,68,75)(H,69,76)(H,70,81). The van der Waals surface area contributed by atoms with Gasteiger partial charge in [-0.25, -0.2) is 0 Å². The van der Waals surface area contributed by atoms with Crippen molar-refractivity contribution in [2.75, 3.05) is 139 Å². The highest BCUT2D eigenvalue weighted by molar-refractivity contribution is 5.82. The van der Waals surface area contributed by atoms with E-state index >= 15 is 0 Å². The number of aliphatic hydroxyl groups is 9. The first-order valence-electron chi connectivity index (χ1n) is 34.6. The third kappa shape index (κ3) is 36.3. The predicted molar refractivity (Wildman–Crippen MR) is 348 cm³/mol. The molecular formula is C65H115N5O30. The Labute approximate surface area is 584 Å². The molecule has 0 spiro atoms. The molecule has 35 heteroatoms. The molecule has 15 atom stereocenters. The monoisotopic (exact) mass is 1450 g/mol. The highest BCUT2D eigenvalue weighted by atomic mass is 16.7. The minimum Gasteiger partial charge on any atom is -0.394 e. The van der Waals surface area contributed by atoms with Crippen LogP contribution in [0, 0.1) is 0 Å². The normalized spacial score (nSPS) is 25.9. The molecule has 0 aromatic heterocycles. The average molecular weight is 1450 g/mol. The summed E-state index contributed by atoms with van der Waals surface area (Å²) in [5, 5.41) is 104. The van der Waals surface area contributed by atoms with Crippen LogP contribution < -0.4 is 26.6 Å². The van der Waals surface area contributed by atoms with E-state index < -0.39 is 135 Å². The molecule has 35 nitrogen and oxygen atoms in total. The van der Waals surface area contributed by atoms with E-state index in [-0.39, 0.29) is 212 Å². The van der Waals surface area contributed by atoms with Gasteiger partial charge in [-0.2, -0.15) is 0 Å². The number of hydrogen-bond acceptors (Lipinski definition) is 30. The Morgan fingerprint density at radius 1 is 0.360 bits per heavy atom. The second kappa shape index (κ2) is 52.4. The maximum Gasteiger partial charge on any atom is 0.220 e. The molecule has 3 heterocycles. The van der Waals surface area contributed by atoms with E-state index in [2.05, 4.69) is 26.6 Å². The second-order valence-corrected chi connectivity index (χ2v) is 24.7. The van der Waals surface area contributed by atoms with Gasteiger partial charge in [-0.3, -0.25) is 38.4 Å². The zero-order valence-corrected chi connectivity index (χ0v) is 58.4. The Morgan fingerprint density at radius 2 is 0.700 bits per heavy atom. The van der Waals surface area contributed by atoms with E-state index in [1.54, 1.807) is 7.11 Å². The molecule has 5 amide bonds. The number of methoxy groups -OCH3 is 1. The quantitative estimate of drug-likeness (QED) is 0.0258. The molecule has 0 aliphatic carbocycles. The Bertz CT molecular complexity index is 2230. The largest absolute Gasteiger partial charge is 0.394 e. The Balaban J connectivity index is 1.57. The number of carbonyl (C=O) groups excluding carboxylic acids is 8. The number of ketones is 3. The number of nitrogens with one attached hydrogen (secondary N) is 5. The van der Waals surface area contributed by atoms with Crippen molar-refractivity contribution in [2.45, 2.75) is 227 Å². The van der Waals surface area contributed by atoms with Crippen molar-refractivity contribution in [1.29, 1.82) is 0 Å². The summed E-state index contributed by atoms with van der Waals surface area (Å²) in [6.07, 6.45) is -11.8. The van der Waals surface area contributed by atoms with E-state index in [9.17, 15) is 84.3 Å². The van der Waals surface area contributed by atoms with Gasteiger partial charge in [0, 0.05) is 111 Å². The number of aliphatic hydroxyl groups excluding tert-OH is 9. The zero-order valence-electron chi connectivity index (χ0n) is 58.4. The van der Waals surface area contributed by atoms with Crippen LogP contribution in [0.2, 0.25) is 0 Å². The lowest BCUT2D eigenvalue weighted by molar-refractivity contribution is -0.272. The van der Waals surface area contributed by atoms with Gasteiger partial charge in [-0.1, -0.05) is 0 Å². The molecule has 3 saturated heterocycles. The molecule has 0 aromatic carbocycles. The smallest absolute Gasteiger partial charge is 0.220 e. The van der Waals surface area contributed by atoms with Crippen molar-refractivity contribution >= 4 is 46.9 Å². The molecule has 0 bridgehead atoms. The minimum atomic E-state index is -1.46. The zero-order chi connectivity index (χ0) is 73.7. The lowest BCUT2D eigenvalue weighted by atomic mass is 9.81. The molecule has 0 aromatic rings. The number of hydrogen-bond donors (Lipinski definition) is 14. The van der Waals surface area contributed by atoms with Crippen LogP contribution >= 0.6 is 0 Å². The molecule has 3 fully saturated rings.